The van der Waals surface area contributed by atoms with E-state index in [4.69, 9.17) is 4.98 Å². The summed E-state index contributed by atoms with van der Waals surface area (Å²) in [6.45, 7) is 2.24. The molecule has 0 unspecified atom stereocenters. The summed E-state index contributed by atoms with van der Waals surface area (Å²) >= 11 is 1.69. The molecule has 2 amide bonds. The summed E-state index contributed by atoms with van der Waals surface area (Å²) in [6.07, 6.45) is 4.83. The molecule has 0 spiro atoms. The number of nitrogens with zero attached hydrogens (tertiary/aromatic N) is 3. The van der Waals surface area contributed by atoms with Crippen LogP contribution in [0.2, 0.25) is 0 Å². The summed E-state index contributed by atoms with van der Waals surface area (Å²) in [5.41, 5.74) is 1.01. The number of hydrogen-bond donors (Lipinski definition) is 0. The Morgan fingerprint density at radius 1 is 1.23 bits per heavy atom. The predicted octanol–water partition coefficient (Wildman–Crippen LogP) is 3.22. The molecule has 2 atom stereocenters. The summed E-state index contributed by atoms with van der Waals surface area (Å²) in [4.78, 5) is 34.1. The number of para-hydroxylation sites is 1. The summed E-state index contributed by atoms with van der Waals surface area (Å²) in [6, 6.07) is 8.22. The SMILES string of the molecule is O=C1C[C@H](C(=O)N2CCC[C@@H]2c2nc3ccccc3s2)CN1CC1CC1. The maximum atomic E-state index is 13.2. The molecular weight excluding hydrogens is 346 g/mol. The van der Waals surface area contributed by atoms with Gasteiger partial charge in [-0.05, 0) is 43.7 Å². The van der Waals surface area contributed by atoms with Crippen LogP contribution in [0.25, 0.3) is 10.2 Å². The normalized spacial score (nSPS) is 26.2. The molecule has 1 aliphatic carbocycles. The predicted molar refractivity (Wildman–Crippen MR) is 101 cm³/mol. The highest BCUT2D eigenvalue weighted by Gasteiger charge is 2.42. The van der Waals surface area contributed by atoms with Crippen molar-refractivity contribution in [1.82, 2.24) is 14.8 Å². The van der Waals surface area contributed by atoms with E-state index in [0.717, 1.165) is 36.5 Å². The summed E-state index contributed by atoms with van der Waals surface area (Å²) < 4.78 is 1.17. The van der Waals surface area contributed by atoms with Crippen LogP contribution in [0, 0.1) is 11.8 Å². The zero-order valence-electron chi connectivity index (χ0n) is 14.8. The van der Waals surface area contributed by atoms with E-state index in [1.54, 1.807) is 11.3 Å². The van der Waals surface area contributed by atoms with Crippen molar-refractivity contribution in [3.05, 3.63) is 29.3 Å². The lowest BCUT2D eigenvalue weighted by molar-refractivity contribution is -0.136. The van der Waals surface area contributed by atoms with Crippen LogP contribution >= 0.6 is 11.3 Å². The molecule has 6 heteroatoms. The summed E-state index contributed by atoms with van der Waals surface area (Å²) in [7, 11) is 0. The number of carbonyl (C=O) groups is 2. The van der Waals surface area contributed by atoms with Gasteiger partial charge in [0.05, 0.1) is 22.2 Å². The van der Waals surface area contributed by atoms with Gasteiger partial charge in [-0.3, -0.25) is 9.59 Å². The van der Waals surface area contributed by atoms with E-state index in [1.165, 1.54) is 17.5 Å². The van der Waals surface area contributed by atoms with Crippen molar-refractivity contribution in [3.63, 3.8) is 0 Å². The van der Waals surface area contributed by atoms with Crippen LogP contribution in [0.1, 0.15) is 43.2 Å². The maximum absolute atomic E-state index is 13.2. The Kier molecular flexibility index (Phi) is 3.96. The molecule has 0 radical (unpaired) electrons. The highest BCUT2D eigenvalue weighted by molar-refractivity contribution is 7.18. The monoisotopic (exact) mass is 369 g/mol. The standard InChI is InChI=1S/C20H23N3O2S/c24-18-10-14(12-22(18)11-13-7-8-13)20(25)23-9-3-5-16(23)19-21-15-4-1-2-6-17(15)26-19/h1-2,4,6,13-14,16H,3,5,7-12H2/t14-,16+/m0/s1. The van der Waals surface area contributed by atoms with Crippen molar-refractivity contribution < 1.29 is 9.59 Å². The average molecular weight is 369 g/mol. The molecule has 3 aliphatic rings. The number of likely N-dealkylation sites (tertiary alicyclic amines) is 2. The Labute approximate surface area is 157 Å². The van der Waals surface area contributed by atoms with Gasteiger partial charge < -0.3 is 9.80 Å². The lowest BCUT2D eigenvalue weighted by Gasteiger charge is -2.26. The van der Waals surface area contributed by atoms with Crippen LogP contribution < -0.4 is 0 Å². The van der Waals surface area contributed by atoms with Crippen molar-refractivity contribution in [2.24, 2.45) is 11.8 Å². The van der Waals surface area contributed by atoms with Gasteiger partial charge in [0.2, 0.25) is 11.8 Å². The lowest BCUT2D eigenvalue weighted by Crippen LogP contribution is -2.37. The molecule has 3 fully saturated rings. The van der Waals surface area contributed by atoms with Crippen molar-refractivity contribution in [2.45, 2.75) is 38.1 Å². The van der Waals surface area contributed by atoms with Gasteiger partial charge in [-0.15, -0.1) is 11.3 Å². The van der Waals surface area contributed by atoms with Gasteiger partial charge in [0, 0.05) is 26.1 Å². The third kappa shape index (κ3) is 2.90. The minimum Gasteiger partial charge on any atom is -0.342 e. The van der Waals surface area contributed by atoms with Gasteiger partial charge in [-0.1, -0.05) is 12.1 Å². The van der Waals surface area contributed by atoms with Crippen LogP contribution in [-0.4, -0.2) is 46.2 Å². The number of benzene rings is 1. The van der Waals surface area contributed by atoms with Crippen LogP contribution in [0.5, 0.6) is 0 Å². The number of amides is 2. The van der Waals surface area contributed by atoms with Crippen LogP contribution in [0.4, 0.5) is 0 Å². The first-order valence-electron chi connectivity index (χ1n) is 9.63. The van der Waals surface area contributed by atoms with E-state index in [-0.39, 0.29) is 23.8 Å². The Balaban J connectivity index is 1.33. The Hall–Kier alpha value is -1.95. The summed E-state index contributed by atoms with van der Waals surface area (Å²) in [5, 5.41) is 1.04. The van der Waals surface area contributed by atoms with Gasteiger partial charge in [0.15, 0.2) is 0 Å². The minimum atomic E-state index is -0.170. The quantitative estimate of drug-likeness (QED) is 0.831. The third-order valence-corrected chi connectivity index (χ3v) is 7.01. The number of thiazole rings is 1. The van der Waals surface area contributed by atoms with Crippen molar-refractivity contribution in [2.75, 3.05) is 19.6 Å². The molecule has 5 rings (SSSR count). The fourth-order valence-corrected chi connectivity index (χ4v) is 5.40. The Bertz CT molecular complexity index is 827. The second-order valence-corrected chi connectivity index (χ2v) is 8.91. The van der Waals surface area contributed by atoms with Gasteiger partial charge >= 0.3 is 0 Å². The van der Waals surface area contributed by atoms with E-state index < -0.39 is 0 Å². The fraction of sp³-hybridized carbons (Fsp3) is 0.550. The second kappa shape index (κ2) is 6.34. The largest absolute Gasteiger partial charge is 0.342 e. The lowest BCUT2D eigenvalue weighted by atomic mass is 10.1. The molecule has 26 heavy (non-hydrogen) atoms. The highest BCUT2D eigenvalue weighted by Crippen LogP contribution is 2.38. The zero-order chi connectivity index (χ0) is 17.7. The van der Waals surface area contributed by atoms with Crippen LogP contribution in [0.15, 0.2) is 24.3 Å². The van der Waals surface area contributed by atoms with E-state index in [0.29, 0.717) is 18.9 Å². The van der Waals surface area contributed by atoms with E-state index in [2.05, 4.69) is 6.07 Å². The number of fused-ring (bicyclic) bond motifs is 1. The molecule has 1 saturated carbocycles. The van der Waals surface area contributed by atoms with Gasteiger partial charge in [-0.25, -0.2) is 4.98 Å². The maximum Gasteiger partial charge on any atom is 0.228 e. The van der Waals surface area contributed by atoms with Gasteiger partial charge in [-0.2, -0.15) is 0 Å². The van der Waals surface area contributed by atoms with Crippen LogP contribution in [0.3, 0.4) is 0 Å². The molecule has 1 aromatic heterocycles. The molecule has 0 N–H and O–H groups in total. The molecule has 1 aromatic carbocycles. The molecule has 2 aliphatic heterocycles. The zero-order valence-corrected chi connectivity index (χ0v) is 15.6. The average Bonchev–Trinajstić information content (AvgIpc) is 3.05. The molecule has 136 valence electrons. The number of rotatable bonds is 4. The van der Waals surface area contributed by atoms with E-state index in [9.17, 15) is 9.59 Å². The van der Waals surface area contributed by atoms with Crippen molar-refractivity contribution in [1.29, 1.82) is 0 Å². The number of carbonyl (C=O) groups excluding carboxylic acids is 2. The molecular formula is C20H23N3O2S. The fourth-order valence-electron chi connectivity index (χ4n) is 4.28. The molecule has 0 bridgehead atoms. The minimum absolute atomic E-state index is 0.0764. The first kappa shape index (κ1) is 16.2. The van der Waals surface area contributed by atoms with E-state index in [1.807, 2.05) is 28.0 Å². The molecule has 2 saturated heterocycles. The highest BCUT2D eigenvalue weighted by atomic mass is 32.1. The topological polar surface area (TPSA) is 53.5 Å². The Morgan fingerprint density at radius 2 is 2.08 bits per heavy atom. The van der Waals surface area contributed by atoms with Gasteiger partial charge in [0.25, 0.3) is 0 Å². The van der Waals surface area contributed by atoms with Gasteiger partial charge in [0.1, 0.15) is 5.01 Å². The third-order valence-electron chi connectivity index (χ3n) is 5.87. The number of hydrogen-bond acceptors (Lipinski definition) is 4. The van der Waals surface area contributed by atoms with Crippen LogP contribution in [-0.2, 0) is 9.59 Å². The summed E-state index contributed by atoms with van der Waals surface area (Å²) in [5.74, 6) is 0.815. The molecule has 5 nitrogen and oxygen atoms in total. The van der Waals surface area contributed by atoms with E-state index >= 15 is 0 Å². The first-order valence-corrected chi connectivity index (χ1v) is 10.4. The molecule has 2 aromatic rings. The second-order valence-electron chi connectivity index (χ2n) is 7.85. The smallest absolute Gasteiger partial charge is 0.228 e. The van der Waals surface area contributed by atoms with Crippen molar-refractivity contribution >= 4 is 33.4 Å². The Morgan fingerprint density at radius 3 is 2.88 bits per heavy atom. The molecule has 3 heterocycles. The van der Waals surface area contributed by atoms with Crippen molar-refractivity contribution in [3.8, 4) is 0 Å². The first-order chi connectivity index (χ1) is 12.7. The number of aromatic nitrogens is 1.